The number of nitrogens with one attached hydrogen (secondary N) is 2. The van der Waals surface area contributed by atoms with Crippen LogP contribution < -0.4 is 10.6 Å². The van der Waals surface area contributed by atoms with E-state index in [0.29, 0.717) is 13.0 Å². The SMILES string of the molecule is C=CCC[C@@H](NC(=O)[C@@H]1C2C(CN1C(=O)C(CC(=O)OC(C)(C)C)C1C=CCCC1)C2(C)C)C(=O)C(=O)NCC=C. The van der Waals surface area contributed by atoms with Gasteiger partial charge in [-0.2, -0.15) is 0 Å². The number of carbonyl (C=O) groups excluding carboxylic acids is 5. The van der Waals surface area contributed by atoms with E-state index in [1.165, 1.54) is 6.08 Å². The Hall–Kier alpha value is -3.23. The maximum absolute atomic E-state index is 14.2. The molecule has 0 aromatic heterocycles. The van der Waals surface area contributed by atoms with E-state index in [9.17, 15) is 24.0 Å². The van der Waals surface area contributed by atoms with Crippen LogP contribution in [0.4, 0.5) is 0 Å². The maximum Gasteiger partial charge on any atom is 0.307 e. The average molecular weight is 570 g/mol. The van der Waals surface area contributed by atoms with Crippen molar-refractivity contribution in [1.29, 1.82) is 0 Å². The normalized spacial score (nSPS) is 25.7. The Morgan fingerprint density at radius 3 is 2.44 bits per heavy atom. The second-order valence-electron chi connectivity index (χ2n) is 13.1. The van der Waals surface area contributed by atoms with E-state index in [4.69, 9.17) is 4.74 Å². The van der Waals surface area contributed by atoms with E-state index < -0.39 is 47.2 Å². The van der Waals surface area contributed by atoms with Crippen LogP contribution >= 0.6 is 0 Å². The van der Waals surface area contributed by atoms with Crippen LogP contribution in [-0.2, 0) is 28.7 Å². The number of carbonyl (C=O) groups is 5. The van der Waals surface area contributed by atoms with Gasteiger partial charge in [0.25, 0.3) is 5.91 Å². The molecule has 0 bridgehead atoms. The van der Waals surface area contributed by atoms with Crippen LogP contribution in [0.5, 0.6) is 0 Å². The van der Waals surface area contributed by atoms with E-state index in [1.54, 1.807) is 31.7 Å². The molecule has 2 N–H and O–H groups in total. The first-order valence-corrected chi connectivity index (χ1v) is 14.8. The van der Waals surface area contributed by atoms with E-state index in [1.807, 2.05) is 12.2 Å². The zero-order chi connectivity index (χ0) is 30.5. The number of nitrogens with zero attached hydrogens (tertiary/aromatic N) is 1. The first kappa shape index (κ1) is 32.3. The number of amides is 3. The molecule has 0 radical (unpaired) electrons. The van der Waals surface area contributed by atoms with Crippen molar-refractivity contribution in [2.45, 2.75) is 90.8 Å². The Bertz CT molecular complexity index is 1090. The van der Waals surface area contributed by atoms with Gasteiger partial charge in [-0.1, -0.05) is 38.2 Å². The molecule has 6 atom stereocenters. The second kappa shape index (κ2) is 13.2. The summed E-state index contributed by atoms with van der Waals surface area (Å²) in [6.45, 7) is 17.3. The molecule has 2 fully saturated rings. The molecule has 3 aliphatic rings. The molecule has 0 aromatic rings. The molecule has 226 valence electrons. The Morgan fingerprint density at radius 2 is 1.85 bits per heavy atom. The van der Waals surface area contributed by atoms with Gasteiger partial charge in [-0.25, -0.2) is 0 Å². The summed E-state index contributed by atoms with van der Waals surface area (Å²) in [6.07, 6.45) is 10.3. The van der Waals surface area contributed by atoms with Crippen LogP contribution in [0.3, 0.4) is 0 Å². The fourth-order valence-electron chi connectivity index (χ4n) is 6.41. The molecule has 9 heteroatoms. The molecule has 1 saturated heterocycles. The van der Waals surface area contributed by atoms with Crippen LogP contribution in [0.2, 0.25) is 0 Å². The molecular formula is C32H47N3O6. The molecule has 0 aromatic carbocycles. The maximum atomic E-state index is 14.2. The first-order chi connectivity index (χ1) is 19.2. The molecule has 0 spiro atoms. The lowest BCUT2D eigenvalue weighted by Gasteiger charge is -2.36. The minimum Gasteiger partial charge on any atom is -0.460 e. The number of ketones is 1. The molecule has 3 rings (SSSR count). The summed E-state index contributed by atoms with van der Waals surface area (Å²) >= 11 is 0. The molecular weight excluding hydrogens is 522 g/mol. The van der Waals surface area contributed by atoms with Gasteiger partial charge in [0, 0.05) is 13.1 Å². The lowest BCUT2D eigenvalue weighted by atomic mass is 9.81. The number of likely N-dealkylation sites (tertiary alicyclic amines) is 1. The summed E-state index contributed by atoms with van der Waals surface area (Å²) in [4.78, 5) is 68.0. The Labute approximate surface area is 244 Å². The molecule has 1 aliphatic heterocycles. The van der Waals surface area contributed by atoms with Crippen molar-refractivity contribution < 1.29 is 28.7 Å². The number of fused-ring (bicyclic) bond motifs is 1. The standard InChI is InChI=1S/C32H47N3O6/c1-8-10-16-23(27(37)29(39)33-17-9-2)34-28(38)26-25-22(32(25,6)7)19-35(26)30(40)21(20-14-12-11-13-15-20)18-24(36)41-31(3,4)5/h8-9,12,14,20-23,25-26H,1-2,10-11,13,15-19H2,3-7H3,(H,33,39)(H,34,38)/t20?,21?,22?,23-,25?,26+/m1/s1. The Kier molecular flexibility index (Phi) is 10.4. The predicted molar refractivity (Wildman–Crippen MR) is 156 cm³/mol. The van der Waals surface area contributed by atoms with Crippen LogP contribution in [-0.4, -0.2) is 65.1 Å². The van der Waals surface area contributed by atoms with Crippen molar-refractivity contribution in [3.05, 3.63) is 37.5 Å². The highest BCUT2D eigenvalue weighted by atomic mass is 16.6. The van der Waals surface area contributed by atoms with Gasteiger partial charge in [0.2, 0.25) is 17.6 Å². The van der Waals surface area contributed by atoms with Crippen molar-refractivity contribution in [3.8, 4) is 0 Å². The third-order valence-electron chi connectivity index (χ3n) is 8.62. The summed E-state index contributed by atoms with van der Waals surface area (Å²) in [5, 5.41) is 5.27. The molecule has 41 heavy (non-hydrogen) atoms. The van der Waals surface area contributed by atoms with Gasteiger partial charge >= 0.3 is 5.97 Å². The van der Waals surface area contributed by atoms with Gasteiger partial charge in [0.1, 0.15) is 11.6 Å². The molecule has 2 aliphatic carbocycles. The summed E-state index contributed by atoms with van der Waals surface area (Å²) in [6, 6.07) is -1.85. The van der Waals surface area contributed by atoms with Gasteiger partial charge in [0.15, 0.2) is 0 Å². The number of rotatable bonds is 13. The van der Waals surface area contributed by atoms with E-state index in [-0.39, 0.29) is 48.5 Å². The summed E-state index contributed by atoms with van der Waals surface area (Å²) in [7, 11) is 0. The minimum absolute atomic E-state index is 0.0708. The van der Waals surface area contributed by atoms with Crippen LogP contribution in [0.15, 0.2) is 37.5 Å². The molecule has 1 heterocycles. The smallest absolute Gasteiger partial charge is 0.307 e. The van der Waals surface area contributed by atoms with Crippen molar-refractivity contribution >= 4 is 29.5 Å². The summed E-state index contributed by atoms with van der Waals surface area (Å²) in [5.41, 5.74) is -0.827. The van der Waals surface area contributed by atoms with Gasteiger partial charge < -0.3 is 20.3 Å². The van der Waals surface area contributed by atoms with Crippen molar-refractivity contribution in [2.24, 2.45) is 29.1 Å². The van der Waals surface area contributed by atoms with E-state index in [2.05, 4.69) is 37.6 Å². The summed E-state index contributed by atoms with van der Waals surface area (Å²) < 4.78 is 5.57. The van der Waals surface area contributed by atoms with Gasteiger partial charge in [-0.15, -0.1) is 13.2 Å². The van der Waals surface area contributed by atoms with Crippen molar-refractivity contribution in [3.63, 3.8) is 0 Å². The number of ether oxygens (including phenoxy) is 1. The van der Waals surface area contributed by atoms with Gasteiger partial charge in [-0.3, -0.25) is 24.0 Å². The van der Waals surface area contributed by atoms with Gasteiger partial charge in [-0.05, 0) is 76.0 Å². The second-order valence-corrected chi connectivity index (χ2v) is 13.1. The quantitative estimate of drug-likeness (QED) is 0.199. The number of allylic oxidation sites excluding steroid dienone is 3. The molecule has 3 amide bonds. The highest BCUT2D eigenvalue weighted by Gasteiger charge is 2.69. The zero-order valence-electron chi connectivity index (χ0n) is 25.2. The molecule has 1 saturated carbocycles. The van der Waals surface area contributed by atoms with Crippen molar-refractivity contribution in [2.75, 3.05) is 13.1 Å². The molecule has 9 nitrogen and oxygen atoms in total. The topological polar surface area (TPSA) is 122 Å². The fourth-order valence-corrected chi connectivity index (χ4v) is 6.41. The average Bonchev–Trinajstić information content (AvgIpc) is 3.23. The predicted octanol–water partition coefficient (Wildman–Crippen LogP) is 3.50. The third-order valence-corrected chi connectivity index (χ3v) is 8.62. The Balaban J connectivity index is 1.86. The van der Waals surface area contributed by atoms with Gasteiger partial charge in [0.05, 0.1) is 18.4 Å². The lowest BCUT2D eigenvalue weighted by Crippen LogP contribution is -2.56. The third kappa shape index (κ3) is 7.74. The van der Waals surface area contributed by atoms with Crippen LogP contribution in [0, 0.1) is 29.1 Å². The number of Topliss-reactive ketones (excluding diaryl/α,β-unsaturated/α-hetero) is 1. The number of hydrogen-bond donors (Lipinski definition) is 2. The number of piperidine rings is 1. The highest BCUT2D eigenvalue weighted by molar-refractivity contribution is 6.38. The van der Waals surface area contributed by atoms with Crippen molar-refractivity contribution in [1.82, 2.24) is 15.5 Å². The minimum atomic E-state index is -1.05. The van der Waals surface area contributed by atoms with E-state index >= 15 is 0 Å². The first-order valence-electron chi connectivity index (χ1n) is 14.8. The van der Waals surface area contributed by atoms with Crippen LogP contribution in [0.1, 0.15) is 73.1 Å². The fraction of sp³-hybridized carbons (Fsp3) is 0.656. The van der Waals surface area contributed by atoms with Crippen LogP contribution in [0.25, 0.3) is 0 Å². The lowest BCUT2D eigenvalue weighted by molar-refractivity contribution is -0.160. The number of esters is 1. The number of hydrogen-bond acceptors (Lipinski definition) is 6. The summed E-state index contributed by atoms with van der Waals surface area (Å²) in [5.74, 6) is -3.43. The highest BCUT2D eigenvalue weighted by Crippen LogP contribution is 2.65. The largest absolute Gasteiger partial charge is 0.460 e. The molecule has 4 unspecified atom stereocenters. The Morgan fingerprint density at radius 1 is 1.15 bits per heavy atom. The monoisotopic (exact) mass is 569 g/mol. The zero-order valence-corrected chi connectivity index (χ0v) is 25.2. The van der Waals surface area contributed by atoms with E-state index in [0.717, 1.165) is 19.3 Å².